The summed E-state index contributed by atoms with van der Waals surface area (Å²) in [6, 6.07) is 7.74. The summed E-state index contributed by atoms with van der Waals surface area (Å²) in [5.41, 5.74) is 0.876. The lowest BCUT2D eigenvalue weighted by atomic mass is 10.3. The Balaban J connectivity index is 1.92. The van der Waals surface area contributed by atoms with Gasteiger partial charge >= 0.3 is 0 Å². The Morgan fingerprint density at radius 2 is 2.10 bits per heavy atom. The smallest absolute Gasteiger partial charge is 0.239 e. The lowest BCUT2D eigenvalue weighted by Crippen LogP contribution is -2.27. The summed E-state index contributed by atoms with van der Waals surface area (Å²) in [7, 11) is 3.41. The lowest BCUT2D eigenvalue weighted by molar-refractivity contribution is -0.125. The first-order valence-electron chi connectivity index (χ1n) is 6.45. The minimum absolute atomic E-state index is 0.000336. The second kappa shape index (κ2) is 6.91. The number of aromatic nitrogens is 1. The Kier molecular flexibility index (Phi) is 5.19. The molecule has 0 radical (unpaired) electrons. The van der Waals surface area contributed by atoms with Gasteiger partial charge in [-0.05, 0) is 19.1 Å². The standard InChI is InChI=1S/C14H17N3O2S2/c1-9(20-8-12(18)17(2)3)13(19)16-14-15-10-6-4-5-7-11(10)21-14/h4-7,9H,8H2,1-3H3,(H,15,16,19). The highest BCUT2D eigenvalue weighted by Gasteiger charge is 2.17. The van der Waals surface area contributed by atoms with Crippen LogP contribution in [0.2, 0.25) is 0 Å². The van der Waals surface area contributed by atoms with Crippen LogP contribution in [0.25, 0.3) is 10.2 Å². The van der Waals surface area contributed by atoms with Crippen LogP contribution in [0.5, 0.6) is 0 Å². The number of para-hydroxylation sites is 1. The van der Waals surface area contributed by atoms with Gasteiger partial charge in [-0.15, -0.1) is 11.8 Å². The van der Waals surface area contributed by atoms with Crippen LogP contribution in [0.3, 0.4) is 0 Å². The molecule has 1 atom stereocenters. The fourth-order valence-electron chi connectivity index (χ4n) is 1.53. The van der Waals surface area contributed by atoms with E-state index in [1.807, 2.05) is 24.3 Å². The van der Waals surface area contributed by atoms with Crippen LogP contribution in [0, 0.1) is 0 Å². The maximum absolute atomic E-state index is 12.1. The van der Waals surface area contributed by atoms with Crippen LogP contribution in [0.15, 0.2) is 24.3 Å². The van der Waals surface area contributed by atoms with E-state index in [4.69, 9.17) is 0 Å². The average molecular weight is 323 g/mol. The van der Waals surface area contributed by atoms with Gasteiger partial charge < -0.3 is 10.2 Å². The molecule has 0 spiro atoms. The zero-order valence-electron chi connectivity index (χ0n) is 12.1. The van der Waals surface area contributed by atoms with Gasteiger partial charge in [0.15, 0.2) is 5.13 Å². The van der Waals surface area contributed by atoms with Gasteiger partial charge in [-0.3, -0.25) is 9.59 Å². The van der Waals surface area contributed by atoms with Gasteiger partial charge in [-0.25, -0.2) is 4.98 Å². The summed E-state index contributed by atoms with van der Waals surface area (Å²) < 4.78 is 1.04. The zero-order valence-corrected chi connectivity index (χ0v) is 13.8. The van der Waals surface area contributed by atoms with E-state index in [-0.39, 0.29) is 17.1 Å². The van der Waals surface area contributed by atoms with E-state index in [0.29, 0.717) is 10.9 Å². The van der Waals surface area contributed by atoms with Gasteiger partial charge in [0.25, 0.3) is 0 Å². The molecule has 0 fully saturated rings. The van der Waals surface area contributed by atoms with Gasteiger partial charge in [0.05, 0.1) is 21.2 Å². The SMILES string of the molecule is CC(SCC(=O)N(C)C)C(=O)Nc1nc2ccccc2s1. The molecule has 2 rings (SSSR count). The summed E-state index contributed by atoms with van der Waals surface area (Å²) in [5.74, 6) is 0.159. The van der Waals surface area contributed by atoms with Crippen molar-refractivity contribution >= 4 is 50.3 Å². The number of hydrogen-bond acceptors (Lipinski definition) is 5. The Bertz CT molecular complexity index is 621. The molecule has 1 unspecified atom stereocenters. The summed E-state index contributed by atoms with van der Waals surface area (Å²) in [4.78, 5) is 29.5. The van der Waals surface area contributed by atoms with Crippen molar-refractivity contribution in [2.45, 2.75) is 12.2 Å². The minimum atomic E-state index is -0.305. The van der Waals surface area contributed by atoms with Crippen molar-refractivity contribution in [3.8, 4) is 0 Å². The van der Waals surface area contributed by atoms with Crippen LogP contribution < -0.4 is 5.32 Å². The summed E-state index contributed by atoms with van der Waals surface area (Å²) >= 11 is 2.77. The van der Waals surface area contributed by atoms with Crippen molar-refractivity contribution in [2.24, 2.45) is 0 Å². The largest absolute Gasteiger partial charge is 0.348 e. The van der Waals surface area contributed by atoms with E-state index in [1.54, 1.807) is 21.0 Å². The Labute approximate surface area is 131 Å². The fourth-order valence-corrected chi connectivity index (χ4v) is 3.26. The molecule has 1 aromatic carbocycles. The fraction of sp³-hybridized carbons (Fsp3) is 0.357. The molecule has 0 aliphatic carbocycles. The molecule has 7 heteroatoms. The van der Waals surface area contributed by atoms with Crippen molar-refractivity contribution in [1.82, 2.24) is 9.88 Å². The number of carbonyl (C=O) groups excluding carboxylic acids is 2. The van der Waals surface area contributed by atoms with E-state index < -0.39 is 0 Å². The molecular weight excluding hydrogens is 306 g/mol. The molecule has 1 heterocycles. The molecule has 0 bridgehead atoms. The molecule has 1 N–H and O–H groups in total. The normalized spacial score (nSPS) is 12.1. The highest BCUT2D eigenvalue weighted by Crippen LogP contribution is 2.26. The molecule has 112 valence electrons. The third-order valence-corrected chi connectivity index (χ3v) is 4.93. The average Bonchev–Trinajstić information content (AvgIpc) is 2.86. The Morgan fingerprint density at radius 1 is 1.38 bits per heavy atom. The number of nitrogens with one attached hydrogen (secondary N) is 1. The molecule has 21 heavy (non-hydrogen) atoms. The second-order valence-electron chi connectivity index (χ2n) is 4.72. The number of benzene rings is 1. The van der Waals surface area contributed by atoms with Crippen LogP contribution in [0.1, 0.15) is 6.92 Å². The number of carbonyl (C=O) groups is 2. The van der Waals surface area contributed by atoms with Gasteiger partial charge in [0.2, 0.25) is 11.8 Å². The summed E-state index contributed by atoms with van der Waals surface area (Å²) in [5, 5.41) is 3.09. The molecule has 2 amide bonds. The number of nitrogens with zero attached hydrogens (tertiary/aromatic N) is 2. The number of amides is 2. The Morgan fingerprint density at radius 3 is 2.76 bits per heavy atom. The summed E-state index contributed by atoms with van der Waals surface area (Å²) in [6.07, 6.45) is 0. The van der Waals surface area contributed by atoms with Crippen molar-refractivity contribution in [3.63, 3.8) is 0 Å². The van der Waals surface area contributed by atoms with Gasteiger partial charge in [-0.1, -0.05) is 23.5 Å². The molecule has 2 aromatic rings. The zero-order chi connectivity index (χ0) is 15.4. The van der Waals surface area contributed by atoms with Gasteiger partial charge in [0, 0.05) is 14.1 Å². The van der Waals surface area contributed by atoms with Crippen LogP contribution in [-0.4, -0.2) is 46.8 Å². The maximum atomic E-state index is 12.1. The first-order valence-corrected chi connectivity index (χ1v) is 8.32. The van der Waals surface area contributed by atoms with E-state index in [9.17, 15) is 9.59 Å². The molecule has 0 aliphatic heterocycles. The Hall–Kier alpha value is -1.60. The van der Waals surface area contributed by atoms with Crippen molar-refractivity contribution in [1.29, 1.82) is 0 Å². The maximum Gasteiger partial charge on any atom is 0.239 e. The molecule has 0 saturated carbocycles. The minimum Gasteiger partial charge on any atom is -0.348 e. The highest BCUT2D eigenvalue weighted by molar-refractivity contribution is 8.01. The predicted octanol–water partition coefficient (Wildman–Crippen LogP) is 2.44. The van der Waals surface area contributed by atoms with Crippen molar-refractivity contribution < 1.29 is 9.59 Å². The second-order valence-corrected chi connectivity index (χ2v) is 7.08. The first kappa shape index (κ1) is 15.8. The first-order chi connectivity index (χ1) is 9.97. The number of thiazole rings is 1. The van der Waals surface area contributed by atoms with E-state index in [1.165, 1.54) is 28.0 Å². The summed E-state index contributed by atoms with van der Waals surface area (Å²) in [6.45, 7) is 1.79. The highest BCUT2D eigenvalue weighted by atomic mass is 32.2. The molecule has 0 aliphatic rings. The number of fused-ring (bicyclic) bond motifs is 1. The van der Waals surface area contributed by atoms with Crippen molar-refractivity contribution in [3.05, 3.63) is 24.3 Å². The van der Waals surface area contributed by atoms with Crippen LogP contribution in [-0.2, 0) is 9.59 Å². The van der Waals surface area contributed by atoms with Gasteiger partial charge in [-0.2, -0.15) is 0 Å². The lowest BCUT2D eigenvalue weighted by Gasteiger charge is -2.13. The van der Waals surface area contributed by atoms with Crippen LogP contribution in [0.4, 0.5) is 5.13 Å². The van der Waals surface area contributed by atoms with Crippen molar-refractivity contribution in [2.75, 3.05) is 25.2 Å². The van der Waals surface area contributed by atoms with E-state index in [0.717, 1.165) is 10.2 Å². The van der Waals surface area contributed by atoms with Gasteiger partial charge in [0.1, 0.15) is 0 Å². The number of rotatable bonds is 5. The van der Waals surface area contributed by atoms with E-state index >= 15 is 0 Å². The topological polar surface area (TPSA) is 62.3 Å². The third kappa shape index (κ3) is 4.18. The number of thioether (sulfide) groups is 1. The number of hydrogen-bond donors (Lipinski definition) is 1. The number of anilines is 1. The third-order valence-electron chi connectivity index (χ3n) is 2.85. The predicted molar refractivity (Wildman–Crippen MR) is 88.9 cm³/mol. The molecule has 1 aromatic heterocycles. The molecular formula is C14H17N3O2S2. The molecule has 5 nitrogen and oxygen atoms in total. The van der Waals surface area contributed by atoms with E-state index in [2.05, 4.69) is 10.3 Å². The quantitative estimate of drug-likeness (QED) is 0.918. The van der Waals surface area contributed by atoms with Crippen LogP contribution >= 0.6 is 23.1 Å². The monoisotopic (exact) mass is 323 g/mol. The molecule has 0 saturated heterocycles.